The summed E-state index contributed by atoms with van der Waals surface area (Å²) in [5.41, 5.74) is 8.74. The molecule has 0 radical (unpaired) electrons. The first-order valence-corrected chi connectivity index (χ1v) is 7.75. The Bertz CT molecular complexity index is 875. The van der Waals surface area contributed by atoms with Gasteiger partial charge in [0.25, 0.3) is 0 Å². The molecule has 1 aromatic carbocycles. The highest BCUT2D eigenvalue weighted by Gasteiger charge is 2.08. The molecule has 4 N–H and O–H groups in total. The number of carbonyl (C=O) groups is 1. The third-order valence-corrected chi connectivity index (χ3v) is 3.79. The summed E-state index contributed by atoms with van der Waals surface area (Å²) in [6.07, 6.45) is 1.53. The van der Waals surface area contributed by atoms with Gasteiger partial charge >= 0.3 is 5.97 Å². The number of hydrazone groups is 1. The van der Waals surface area contributed by atoms with Crippen molar-refractivity contribution in [3.63, 3.8) is 0 Å². The largest absolute Gasteiger partial charge is 0.465 e. The molecule has 1 heterocycles. The third kappa shape index (κ3) is 5.05. The van der Waals surface area contributed by atoms with Crippen molar-refractivity contribution in [1.82, 2.24) is 4.98 Å². The fourth-order valence-electron chi connectivity index (χ4n) is 1.73. The van der Waals surface area contributed by atoms with Gasteiger partial charge in [-0.3, -0.25) is 10.8 Å². The van der Waals surface area contributed by atoms with E-state index < -0.39 is 11.8 Å². The predicted molar refractivity (Wildman–Crippen MR) is 94.7 cm³/mol. The van der Waals surface area contributed by atoms with Crippen LogP contribution in [-0.2, 0) is 4.74 Å². The number of pyridine rings is 1. The van der Waals surface area contributed by atoms with E-state index in [0.29, 0.717) is 16.3 Å². The monoisotopic (exact) mass is 354 g/mol. The van der Waals surface area contributed by atoms with Gasteiger partial charge in [-0.25, -0.2) is 9.78 Å². The number of anilines is 1. The number of nitrogens with two attached hydrogens (primary N) is 1. The van der Waals surface area contributed by atoms with Crippen LogP contribution in [0.3, 0.4) is 0 Å². The molecule has 0 saturated carbocycles. The maximum atomic E-state index is 11.6. The molecular weight excluding hydrogens is 340 g/mol. The number of hydrogen-bond acceptors (Lipinski definition) is 8. The summed E-state index contributed by atoms with van der Waals surface area (Å²) in [6.45, 7) is 0. The SMILES string of the molecule is COC(=O)c1ccnc(Sc2cccc(N/N=C(\C#N)C(=N)N)c2)c1. The van der Waals surface area contributed by atoms with E-state index in [0.717, 1.165) is 4.90 Å². The molecule has 0 amide bonds. The molecule has 2 aromatic rings. The molecule has 2 rings (SSSR count). The number of ether oxygens (including phenoxy) is 1. The molecule has 0 aliphatic heterocycles. The number of amidine groups is 1. The average molecular weight is 354 g/mol. The second kappa shape index (κ2) is 8.47. The lowest BCUT2D eigenvalue weighted by molar-refractivity contribution is 0.0600. The molecule has 0 unspecified atom stereocenters. The third-order valence-electron chi connectivity index (χ3n) is 2.87. The summed E-state index contributed by atoms with van der Waals surface area (Å²) in [7, 11) is 1.32. The molecule has 0 aliphatic rings. The standard InChI is InChI=1S/C16H14N6O2S/c1-24-16(23)10-5-6-20-14(7-10)25-12-4-2-3-11(8-12)21-22-13(9-17)15(18)19/h2-8,21H,1H3,(H3,18,19)/b22-13+. The lowest BCUT2D eigenvalue weighted by atomic mass is 10.3. The molecule has 0 atom stereocenters. The highest BCUT2D eigenvalue weighted by Crippen LogP contribution is 2.28. The van der Waals surface area contributed by atoms with Crippen molar-refractivity contribution >= 4 is 35.0 Å². The first kappa shape index (κ1) is 18.0. The molecule has 126 valence electrons. The van der Waals surface area contributed by atoms with Gasteiger partial charge in [-0.1, -0.05) is 17.8 Å². The van der Waals surface area contributed by atoms with Crippen LogP contribution in [0.4, 0.5) is 5.69 Å². The van der Waals surface area contributed by atoms with Crippen LogP contribution in [0, 0.1) is 16.7 Å². The Morgan fingerprint density at radius 1 is 1.44 bits per heavy atom. The number of rotatable bonds is 6. The summed E-state index contributed by atoms with van der Waals surface area (Å²) in [4.78, 5) is 16.6. The molecule has 25 heavy (non-hydrogen) atoms. The summed E-state index contributed by atoms with van der Waals surface area (Å²) < 4.78 is 4.69. The maximum Gasteiger partial charge on any atom is 0.337 e. The Morgan fingerprint density at radius 2 is 2.24 bits per heavy atom. The minimum absolute atomic E-state index is 0.203. The van der Waals surface area contributed by atoms with Gasteiger partial charge in [-0.2, -0.15) is 10.4 Å². The second-order valence-corrected chi connectivity index (χ2v) is 5.70. The maximum absolute atomic E-state index is 11.6. The molecule has 1 aromatic heterocycles. The van der Waals surface area contributed by atoms with E-state index in [-0.39, 0.29) is 5.71 Å². The van der Waals surface area contributed by atoms with Crippen LogP contribution in [0.2, 0.25) is 0 Å². The molecular formula is C16H14N6O2S. The fraction of sp³-hybridized carbons (Fsp3) is 0.0625. The summed E-state index contributed by atoms with van der Waals surface area (Å²) in [5.74, 6) is -0.841. The van der Waals surface area contributed by atoms with Crippen molar-refractivity contribution in [2.24, 2.45) is 10.8 Å². The molecule has 9 heteroatoms. The van der Waals surface area contributed by atoms with Gasteiger partial charge in [-0.05, 0) is 30.3 Å². The molecule has 0 fully saturated rings. The van der Waals surface area contributed by atoms with Gasteiger partial charge in [0.05, 0.1) is 18.4 Å². The van der Waals surface area contributed by atoms with Gasteiger partial charge in [0.2, 0.25) is 5.71 Å². The van der Waals surface area contributed by atoms with E-state index >= 15 is 0 Å². The van der Waals surface area contributed by atoms with Crippen molar-refractivity contribution in [2.75, 3.05) is 12.5 Å². The van der Waals surface area contributed by atoms with Crippen LogP contribution in [-0.4, -0.2) is 29.6 Å². The first-order chi connectivity index (χ1) is 12.0. The minimum atomic E-state index is -0.428. The lowest BCUT2D eigenvalue weighted by Crippen LogP contribution is -2.21. The van der Waals surface area contributed by atoms with Crippen LogP contribution in [0.5, 0.6) is 0 Å². The van der Waals surface area contributed by atoms with Crippen LogP contribution in [0.25, 0.3) is 0 Å². The zero-order valence-electron chi connectivity index (χ0n) is 13.2. The number of methoxy groups -OCH3 is 1. The van der Waals surface area contributed by atoms with Crippen molar-refractivity contribution in [3.05, 3.63) is 48.2 Å². The van der Waals surface area contributed by atoms with Gasteiger partial charge in [0, 0.05) is 11.1 Å². The fourth-order valence-corrected chi connectivity index (χ4v) is 2.60. The zero-order chi connectivity index (χ0) is 18.2. The minimum Gasteiger partial charge on any atom is -0.465 e. The Labute approximate surface area is 148 Å². The number of benzene rings is 1. The number of esters is 1. The van der Waals surface area contributed by atoms with Crippen molar-refractivity contribution in [1.29, 1.82) is 10.7 Å². The number of aromatic nitrogens is 1. The van der Waals surface area contributed by atoms with E-state index in [1.54, 1.807) is 36.4 Å². The van der Waals surface area contributed by atoms with Gasteiger partial charge in [-0.15, -0.1) is 0 Å². The molecule has 0 aliphatic carbocycles. The van der Waals surface area contributed by atoms with Crippen molar-refractivity contribution < 1.29 is 9.53 Å². The van der Waals surface area contributed by atoms with Crippen LogP contribution in [0.15, 0.2) is 57.6 Å². The molecule has 0 spiro atoms. The van der Waals surface area contributed by atoms with Gasteiger partial charge in [0.1, 0.15) is 11.1 Å². The number of carbonyl (C=O) groups excluding carboxylic acids is 1. The number of nitrogens with zero attached hydrogens (tertiary/aromatic N) is 3. The van der Waals surface area contributed by atoms with Crippen molar-refractivity contribution in [2.45, 2.75) is 9.92 Å². The quantitative estimate of drug-likeness (QED) is 0.313. The average Bonchev–Trinajstić information content (AvgIpc) is 2.62. The first-order valence-electron chi connectivity index (χ1n) is 6.94. The smallest absolute Gasteiger partial charge is 0.337 e. The summed E-state index contributed by atoms with van der Waals surface area (Å²) >= 11 is 1.35. The van der Waals surface area contributed by atoms with Crippen molar-refractivity contribution in [3.8, 4) is 6.07 Å². The second-order valence-electron chi connectivity index (χ2n) is 4.60. The summed E-state index contributed by atoms with van der Waals surface area (Å²) in [5, 5.41) is 20.4. The summed E-state index contributed by atoms with van der Waals surface area (Å²) in [6, 6.07) is 12.1. The van der Waals surface area contributed by atoms with E-state index in [4.69, 9.17) is 21.1 Å². The topological polar surface area (TPSA) is 137 Å². The van der Waals surface area contributed by atoms with Crippen LogP contribution in [0.1, 0.15) is 10.4 Å². The number of nitrogens with one attached hydrogen (secondary N) is 2. The Hall–Kier alpha value is -3.38. The van der Waals surface area contributed by atoms with Crippen LogP contribution >= 0.6 is 11.8 Å². The van der Waals surface area contributed by atoms with E-state index in [1.807, 2.05) is 6.07 Å². The van der Waals surface area contributed by atoms with E-state index in [1.165, 1.54) is 25.1 Å². The normalized spacial score (nSPS) is 10.6. The van der Waals surface area contributed by atoms with Crippen LogP contribution < -0.4 is 11.2 Å². The van der Waals surface area contributed by atoms with E-state index in [9.17, 15) is 4.79 Å². The Morgan fingerprint density at radius 3 is 2.92 bits per heavy atom. The Kier molecular flexibility index (Phi) is 6.08. The highest BCUT2D eigenvalue weighted by atomic mass is 32.2. The lowest BCUT2D eigenvalue weighted by Gasteiger charge is -2.06. The van der Waals surface area contributed by atoms with E-state index in [2.05, 4.69) is 15.5 Å². The van der Waals surface area contributed by atoms with Gasteiger partial charge < -0.3 is 10.5 Å². The zero-order valence-corrected chi connectivity index (χ0v) is 14.0. The predicted octanol–water partition coefficient (Wildman–Crippen LogP) is 2.25. The molecule has 0 saturated heterocycles. The molecule has 0 bridgehead atoms. The number of hydrogen-bond donors (Lipinski definition) is 3. The molecule has 8 nitrogen and oxygen atoms in total. The highest BCUT2D eigenvalue weighted by molar-refractivity contribution is 7.99. The van der Waals surface area contributed by atoms with Gasteiger partial charge in [0.15, 0.2) is 5.84 Å². The Balaban J connectivity index is 2.16. The number of nitriles is 1.